The van der Waals surface area contributed by atoms with E-state index in [-0.39, 0.29) is 36.4 Å². The Morgan fingerprint density at radius 3 is 2.57 bits per heavy atom. The summed E-state index contributed by atoms with van der Waals surface area (Å²) in [6.45, 7) is 14.7. The predicted molar refractivity (Wildman–Crippen MR) is 121 cm³/mol. The Bertz CT molecular complexity index is 831. The molecule has 1 heterocycles. The minimum absolute atomic E-state index is 0.0571. The van der Waals surface area contributed by atoms with Crippen LogP contribution in [0.5, 0.6) is 0 Å². The van der Waals surface area contributed by atoms with Crippen molar-refractivity contribution in [3.63, 3.8) is 0 Å². The fraction of sp³-hybridized carbons (Fsp3) is 0.783. The second-order valence-corrected chi connectivity index (χ2v) is 11.2. The molecule has 1 aromatic heterocycles. The van der Waals surface area contributed by atoms with Crippen molar-refractivity contribution < 1.29 is 14.7 Å². The molecule has 0 bridgehead atoms. The number of carbonyl (C=O) groups excluding carboxylic acids is 2. The molecule has 170 valence electrons. The number of aromatic nitrogens is 1. The lowest BCUT2D eigenvalue weighted by Gasteiger charge is -2.39. The largest absolute Gasteiger partial charge is 0.395 e. The second-order valence-electron chi connectivity index (χ2n) is 10.2. The van der Waals surface area contributed by atoms with E-state index in [0.717, 1.165) is 29.5 Å². The van der Waals surface area contributed by atoms with Gasteiger partial charge in [-0.2, -0.15) is 0 Å². The van der Waals surface area contributed by atoms with Crippen LogP contribution in [0.2, 0.25) is 0 Å². The first-order valence-corrected chi connectivity index (χ1v) is 11.9. The number of aryl methyl sites for hydroxylation is 1. The Morgan fingerprint density at radius 2 is 2.00 bits per heavy atom. The van der Waals surface area contributed by atoms with Crippen LogP contribution in [0.3, 0.4) is 0 Å². The lowest BCUT2D eigenvalue weighted by molar-refractivity contribution is -0.138. The van der Waals surface area contributed by atoms with Gasteiger partial charge in [0.2, 0.25) is 5.91 Å². The molecule has 7 heteroatoms. The normalized spacial score (nSPS) is 24.3. The van der Waals surface area contributed by atoms with Crippen molar-refractivity contribution in [2.24, 2.45) is 21.7 Å². The van der Waals surface area contributed by atoms with Gasteiger partial charge < -0.3 is 10.4 Å². The molecule has 0 saturated heterocycles. The number of aliphatic hydroxyl groups is 1. The van der Waals surface area contributed by atoms with E-state index in [4.69, 9.17) is 5.11 Å². The highest BCUT2D eigenvalue weighted by Crippen LogP contribution is 2.56. The summed E-state index contributed by atoms with van der Waals surface area (Å²) in [4.78, 5) is 30.7. The third-order valence-electron chi connectivity index (χ3n) is 6.83. The molecule has 30 heavy (non-hydrogen) atoms. The van der Waals surface area contributed by atoms with E-state index in [1.165, 1.54) is 0 Å². The number of nitrogens with one attached hydrogen (secondary N) is 1. The van der Waals surface area contributed by atoms with Gasteiger partial charge in [-0.1, -0.05) is 34.1 Å². The molecule has 0 aliphatic heterocycles. The molecule has 1 aliphatic carbocycles. The van der Waals surface area contributed by atoms with Gasteiger partial charge in [-0.3, -0.25) is 13.5 Å². The first kappa shape index (κ1) is 24.8. The van der Waals surface area contributed by atoms with Gasteiger partial charge in [0.1, 0.15) is 4.67 Å². The first-order valence-electron chi connectivity index (χ1n) is 11.1. The van der Waals surface area contributed by atoms with Crippen molar-refractivity contribution >= 4 is 23.3 Å². The zero-order valence-electron chi connectivity index (χ0n) is 19.7. The molecular formula is C23H39N3O3S. The third kappa shape index (κ3) is 4.88. The molecule has 0 unspecified atom stereocenters. The van der Waals surface area contributed by atoms with Crippen molar-refractivity contribution in [1.29, 1.82) is 0 Å². The van der Waals surface area contributed by atoms with Gasteiger partial charge in [-0.25, -0.2) is 4.99 Å². The molecule has 1 saturated carbocycles. The SMILES string of the molecule is CCCCc1cn(C(C)(C)C)s/c1=N\C(=O)[C@@H]1CC[C@](C)(C(=O)NCCO)C1(C)C. The highest BCUT2D eigenvalue weighted by molar-refractivity contribution is 7.04. The summed E-state index contributed by atoms with van der Waals surface area (Å²) in [6.07, 6.45) is 6.49. The molecule has 0 aromatic carbocycles. The van der Waals surface area contributed by atoms with E-state index in [1.807, 2.05) is 20.8 Å². The van der Waals surface area contributed by atoms with Crippen LogP contribution in [0, 0.1) is 16.7 Å². The van der Waals surface area contributed by atoms with E-state index < -0.39 is 10.8 Å². The minimum atomic E-state index is -0.663. The van der Waals surface area contributed by atoms with Gasteiger partial charge in [0.15, 0.2) is 0 Å². The summed E-state index contributed by atoms with van der Waals surface area (Å²) in [5.41, 5.74) is -0.111. The van der Waals surface area contributed by atoms with Gasteiger partial charge in [-0.15, -0.1) is 0 Å². The Morgan fingerprint density at radius 1 is 1.33 bits per heavy atom. The van der Waals surface area contributed by atoms with Gasteiger partial charge in [0, 0.05) is 29.8 Å². The summed E-state index contributed by atoms with van der Waals surface area (Å²) in [7, 11) is 0. The van der Waals surface area contributed by atoms with E-state index in [1.54, 1.807) is 11.5 Å². The first-order chi connectivity index (χ1) is 13.9. The Balaban J connectivity index is 2.36. The molecule has 6 nitrogen and oxygen atoms in total. The summed E-state index contributed by atoms with van der Waals surface area (Å²) in [5.74, 6) is -0.520. The van der Waals surface area contributed by atoms with Crippen molar-refractivity contribution in [1.82, 2.24) is 9.27 Å². The minimum Gasteiger partial charge on any atom is -0.395 e. The molecular weight excluding hydrogens is 398 g/mol. The summed E-state index contributed by atoms with van der Waals surface area (Å²) < 4.78 is 2.98. The van der Waals surface area contributed by atoms with Crippen LogP contribution >= 0.6 is 11.5 Å². The van der Waals surface area contributed by atoms with Crippen molar-refractivity contribution in [2.45, 2.75) is 86.1 Å². The van der Waals surface area contributed by atoms with Crippen LogP contribution in [0.1, 0.15) is 79.7 Å². The van der Waals surface area contributed by atoms with Crippen molar-refractivity contribution in [3.05, 3.63) is 16.4 Å². The second kappa shape index (κ2) is 9.35. The van der Waals surface area contributed by atoms with Crippen molar-refractivity contribution in [2.75, 3.05) is 13.2 Å². The number of hydrogen-bond donors (Lipinski definition) is 2. The predicted octanol–water partition coefficient (Wildman–Crippen LogP) is 3.63. The maximum atomic E-state index is 13.3. The summed E-state index contributed by atoms with van der Waals surface area (Å²) in [5, 5.41) is 11.8. The van der Waals surface area contributed by atoms with Crippen LogP contribution in [0.4, 0.5) is 0 Å². The molecule has 1 fully saturated rings. The lowest BCUT2D eigenvalue weighted by Crippen LogP contribution is -2.48. The van der Waals surface area contributed by atoms with E-state index >= 15 is 0 Å². The molecule has 1 aliphatic rings. The lowest BCUT2D eigenvalue weighted by atomic mass is 9.65. The van der Waals surface area contributed by atoms with Crippen LogP contribution in [-0.2, 0) is 21.5 Å². The molecule has 2 amide bonds. The fourth-order valence-corrected chi connectivity index (χ4v) is 5.26. The van der Waals surface area contributed by atoms with E-state index in [2.05, 4.69) is 48.2 Å². The molecule has 2 rings (SSSR count). The highest BCUT2D eigenvalue weighted by Gasteiger charge is 2.57. The van der Waals surface area contributed by atoms with Crippen LogP contribution in [0.25, 0.3) is 0 Å². The number of hydrogen-bond acceptors (Lipinski definition) is 4. The maximum Gasteiger partial charge on any atom is 0.250 e. The fourth-order valence-electron chi connectivity index (χ4n) is 4.22. The van der Waals surface area contributed by atoms with Gasteiger partial charge >= 0.3 is 0 Å². The standard InChI is InChI=1S/C23H39N3O3S/c1-8-9-10-16-15-26(21(2,3)4)30-19(16)25-18(28)17-11-12-23(7,22(17,5)6)20(29)24-13-14-27/h15,17,27H,8-14H2,1-7H3,(H,24,29)/b25-19-/t17-,23+/m0/s1. The summed E-state index contributed by atoms with van der Waals surface area (Å²) in [6, 6.07) is 0. The topological polar surface area (TPSA) is 83.7 Å². The quantitative estimate of drug-likeness (QED) is 0.683. The Hall–Kier alpha value is -1.47. The number of rotatable bonds is 7. The van der Waals surface area contributed by atoms with Gasteiger partial charge in [0.25, 0.3) is 5.91 Å². The number of unbranched alkanes of at least 4 members (excludes halogenated alkanes) is 1. The van der Waals surface area contributed by atoms with Crippen molar-refractivity contribution in [3.8, 4) is 0 Å². The summed E-state index contributed by atoms with van der Waals surface area (Å²) >= 11 is 1.54. The molecule has 2 N–H and O–H groups in total. The molecule has 1 aromatic rings. The monoisotopic (exact) mass is 437 g/mol. The van der Waals surface area contributed by atoms with Crippen LogP contribution in [-0.4, -0.2) is 34.0 Å². The van der Waals surface area contributed by atoms with Crippen LogP contribution in [0.15, 0.2) is 11.2 Å². The Labute approximate surface area is 184 Å². The highest BCUT2D eigenvalue weighted by atomic mass is 32.1. The zero-order valence-corrected chi connectivity index (χ0v) is 20.5. The number of nitrogens with zero attached hydrogens (tertiary/aromatic N) is 2. The maximum absolute atomic E-state index is 13.3. The van der Waals surface area contributed by atoms with E-state index in [9.17, 15) is 9.59 Å². The molecule has 2 atom stereocenters. The average Bonchev–Trinajstić information content (AvgIpc) is 3.16. The third-order valence-corrected chi connectivity index (χ3v) is 8.20. The Kier molecular flexibility index (Phi) is 7.73. The smallest absolute Gasteiger partial charge is 0.250 e. The van der Waals surface area contributed by atoms with E-state index in [0.29, 0.717) is 12.8 Å². The van der Waals surface area contributed by atoms with Gasteiger partial charge in [0.05, 0.1) is 12.0 Å². The average molecular weight is 438 g/mol. The van der Waals surface area contributed by atoms with Gasteiger partial charge in [-0.05, 0) is 63.4 Å². The number of carbonyl (C=O) groups is 2. The number of amides is 2. The molecule has 0 spiro atoms. The molecule has 0 radical (unpaired) electrons. The number of aliphatic hydroxyl groups excluding tert-OH is 1. The van der Waals surface area contributed by atoms with Crippen LogP contribution < -0.4 is 9.99 Å². The zero-order chi connectivity index (χ0) is 22.7.